The molecule has 3 N–H and O–H groups in total. The molecular weight excluding hydrogens is 223 g/mol. The fourth-order valence-electron chi connectivity index (χ4n) is 1.82. The van der Waals surface area contributed by atoms with Crippen LogP contribution in [0.4, 0.5) is 10.1 Å². The van der Waals surface area contributed by atoms with Crippen molar-refractivity contribution in [3.8, 4) is 5.75 Å². The Morgan fingerprint density at radius 3 is 3.00 bits per heavy atom. The number of benzene rings is 1. The Hall–Kier alpha value is -1.78. The van der Waals surface area contributed by atoms with Crippen LogP contribution in [0.1, 0.15) is 19.3 Å². The number of ether oxygens (including phenoxy) is 1. The summed E-state index contributed by atoms with van der Waals surface area (Å²) in [6.45, 7) is 0.644. The molecule has 0 aliphatic carbocycles. The van der Waals surface area contributed by atoms with Crippen LogP contribution in [0.25, 0.3) is 0 Å². The van der Waals surface area contributed by atoms with E-state index in [1.165, 1.54) is 12.1 Å². The summed E-state index contributed by atoms with van der Waals surface area (Å²) < 4.78 is 18.9. The van der Waals surface area contributed by atoms with Crippen LogP contribution in [0.2, 0.25) is 0 Å². The molecule has 0 spiro atoms. The summed E-state index contributed by atoms with van der Waals surface area (Å²) in [5.41, 5.74) is 5.84. The molecule has 1 aliphatic heterocycles. The number of amides is 1. The Morgan fingerprint density at radius 2 is 2.24 bits per heavy atom. The normalized spacial score (nSPS) is 20.5. The van der Waals surface area contributed by atoms with E-state index in [2.05, 4.69) is 5.32 Å². The van der Waals surface area contributed by atoms with Crippen LogP contribution in [-0.4, -0.2) is 18.6 Å². The smallest absolute Gasteiger partial charge is 0.261 e. The first-order valence-corrected chi connectivity index (χ1v) is 5.67. The van der Waals surface area contributed by atoms with Crippen molar-refractivity contribution in [2.75, 3.05) is 12.3 Å². The number of nitrogen functional groups attached to an aromatic ring is 1. The molecule has 1 unspecified atom stereocenters. The van der Waals surface area contributed by atoms with Gasteiger partial charge in [-0.1, -0.05) is 6.07 Å². The van der Waals surface area contributed by atoms with E-state index in [-0.39, 0.29) is 17.3 Å². The molecule has 1 aromatic carbocycles. The minimum absolute atomic E-state index is 0.0328. The van der Waals surface area contributed by atoms with Crippen molar-refractivity contribution < 1.29 is 13.9 Å². The van der Waals surface area contributed by atoms with E-state index in [0.717, 1.165) is 12.8 Å². The Bertz CT molecular complexity index is 403. The van der Waals surface area contributed by atoms with Gasteiger partial charge in [-0.2, -0.15) is 0 Å². The number of hydrogen-bond donors (Lipinski definition) is 2. The van der Waals surface area contributed by atoms with Gasteiger partial charge in [0.05, 0.1) is 5.69 Å². The molecule has 4 nitrogen and oxygen atoms in total. The molecule has 92 valence electrons. The van der Waals surface area contributed by atoms with Crippen LogP contribution < -0.4 is 15.8 Å². The number of rotatable bonds is 2. The van der Waals surface area contributed by atoms with Crippen LogP contribution in [-0.2, 0) is 4.79 Å². The highest BCUT2D eigenvalue weighted by molar-refractivity contribution is 5.81. The number of para-hydroxylation sites is 1. The third-order valence-electron chi connectivity index (χ3n) is 2.74. The van der Waals surface area contributed by atoms with Gasteiger partial charge in [0, 0.05) is 6.54 Å². The molecule has 2 rings (SSSR count). The van der Waals surface area contributed by atoms with Gasteiger partial charge in [0.15, 0.2) is 17.7 Å². The van der Waals surface area contributed by atoms with Gasteiger partial charge in [0.1, 0.15) is 0 Å². The second-order valence-corrected chi connectivity index (χ2v) is 4.05. The Labute approximate surface area is 98.9 Å². The lowest BCUT2D eigenvalue weighted by atomic mass is 10.2. The minimum Gasteiger partial charge on any atom is -0.475 e. The molecule has 1 atom stereocenters. The third kappa shape index (κ3) is 2.67. The third-order valence-corrected chi connectivity index (χ3v) is 2.74. The van der Waals surface area contributed by atoms with Crippen molar-refractivity contribution in [1.29, 1.82) is 0 Å². The maximum Gasteiger partial charge on any atom is 0.261 e. The van der Waals surface area contributed by atoms with Crippen LogP contribution in [0.5, 0.6) is 5.75 Å². The van der Waals surface area contributed by atoms with Gasteiger partial charge in [0.2, 0.25) is 0 Å². The average Bonchev–Trinajstić information content (AvgIpc) is 2.49. The minimum atomic E-state index is -0.656. The molecule has 0 radical (unpaired) electrons. The lowest BCUT2D eigenvalue weighted by molar-refractivity contribution is -0.127. The molecule has 0 saturated carbocycles. The summed E-state index contributed by atoms with van der Waals surface area (Å²) in [5, 5.41) is 2.73. The van der Waals surface area contributed by atoms with Crippen molar-refractivity contribution in [2.24, 2.45) is 0 Å². The largest absolute Gasteiger partial charge is 0.475 e. The first-order chi connectivity index (χ1) is 8.18. The number of carbonyl (C=O) groups excluding carboxylic acids is 1. The van der Waals surface area contributed by atoms with Crippen molar-refractivity contribution >= 4 is 11.6 Å². The van der Waals surface area contributed by atoms with Gasteiger partial charge >= 0.3 is 0 Å². The molecule has 0 aromatic heterocycles. The van der Waals surface area contributed by atoms with E-state index in [9.17, 15) is 9.18 Å². The van der Waals surface area contributed by atoms with Crippen molar-refractivity contribution in [2.45, 2.75) is 25.4 Å². The van der Waals surface area contributed by atoms with Crippen LogP contribution in [0.3, 0.4) is 0 Å². The highest BCUT2D eigenvalue weighted by atomic mass is 19.1. The van der Waals surface area contributed by atoms with Gasteiger partial charge < -0.3 is 15.8 Å². The number of nitrogens with two attached hydrogens (primary N) is 1. The second-order valence-electron chi connectivity index (χ2n) is 4.05. The molecule has 1 saturated heterocycles. The zero-order chi connectivity index (χ0) is 12.3. The Balaban J connectivity index is 2.16. The molecular formula is C12H15FN2O2. The Kier molecular flexibility index (Phi) is 3.46. The van der Waals surface area contributed by atoms with Gasteiger partial charge in [-0.25, -0.2) is 4.39 Å². The zero-order valence-electron chi connectivity index (χ0n) is 9.41. The molecule has 1 aromatic rings. The molecule has 1 amide bonds. The standard InChI is InChI=1S/C12H15FN2O2/c13-8-4-3-5-9(14)11(8)17-10-6-1-2-7-15-12(10)16/h3-5,10H,1-2,6-7,14H2,(H,15,16). The summed E-state index contributed by atoms with van der Waals surface area (Å²) >= 11 is 0. The SMILES string of the molecule is Nc1cccc(F)c1OC1CCCCNC1=O. The van der Waals surface area contributed by atoms with E-state index in [1.807, 2.05) is 0 Å². The fraction of sp³-hybridized carbons (Fsp3) is 0.417. The number of halogens is 1. The van der Waals surface area contributed by atoms with E-state index in [1.54, 1.807) is 6.07 Å². The summed E-state index contributed by atoms with van der Waals surface area (Å²) in [6.07, 6.45) is 1.71. The molecule has 1 heterocycles. The lowest BCUT2D eigenvalue weighted by Gasteiger charge is -2.17. The summed E-state index contributed by atoms with van der Waals surface area (Å²) in [5.74, 6) is -0.776. The first-order valence-electron chi connectivity index (χ1n) is 5.67. The highest BCUT2D eigenvalue weighted by Gasteiger charge is 2.24. The summed E-state index contributed by atoms with van der Waals surface area (Å²) in [4.78, 5) is 11.6. The van der Waals surface area contributed by atoms with Crippen LogP contribution in [0.15, 0.2) is 18.2 Å². The van der Waals surface area contributed by atoms with Crippen molar-refractivity contribution in [1.82, 2.24) is 5.32 Å². The van der Waals surface area contributed by atoms with Gasteiger partial charge in [-0.05, 0) is 31.4 Å². The van der Waals surface area contributed by atoms with E-state index >= 15 is 0 Å². The summed E-state index contributed by atoms with van der Waals surface area (Å²) in [6, 6.07) is 4.32. The van der Waals surface area contributed by atoms with Crippen molar-refractivity contribution in [3.05, 3.63) is 24.0 Å². The first kappa shape index (κ1) is 11.7. The number of anilines is 1. The van der Waals surface area contributed by atoms with Crippen molar-refractivity contribution in [3.63, 3.8) is 0 Å². The monoisotopic (exact) mass is 238 g/mol. The predicted molar refractivity (Wildman–Crippen MR) is 62.1 cm³/mol. The molecule has 5 heteroatoms. The number of nitrogens with one attached hydrogen (secondary N) is 1. The van der Waals surface area contributed by atoms with Crippen LogP contribution in [0, 0.1) is 5.82 Å². The van der Waals surface area contributed by atoms with Gasteiger partial charge in [0.25, 0.3) is 5.91 Å². The van der Waals surface area contributed by atoms with E-state index in [4.69, 9.17) is 10.5 Å². The highest BCUT2D eigenvalue weighted by Crippen LogP contribution is 2.27. The average molecular weight is 238 g/mol. The van der Waals surface area contributed by atoms with Gasteiger partial charge in [-0.3, -0.25) is 4.79 Å². The summed E-state index contributed by atoms with van der Waals surface area (Å²) in [7, 11) is 0. The molecule has 1 fully saturated rings. The quantitative estimate of drug-likeness (QED) is 0.766. The second kappa shape index (κ2) is 5.03. The van der Waals surface area contributed by atoms with E-state index in [0.29, 0.717) is 13.0 Å². The Morgan fingerprint density at radius 1 is 1.41 bits per heavy atom. The maximum atomic E-state index is 13.5. The molecule has 1 aliphatic rings. The zero-order valence-corrected chi connectivity index (χ0v) is 9.41. The van der Waals surface area contributed by atoms with E-state index < -0.39 is 11.9 Å². The maximum absolute atomic E-state index is 13.5. The fourth-order valence-corrected chi connectivity index (χ4v) is 1.82. The predicted octanol–water partition coefficient (Wildman–Crippen LogP) is 1.46. The number of hydrogen-bond acceptors (Lipinski definition) is 3. The van der Waals surface area contributed by atoms with Crippen LogP contribution >= 0.6 is 0 Å². The molecule has 17 heavy (non-hydrogen) atoms. The topological polar surface area (TPSA) is 64.3 Å². The lowest BCUT2D eigenvalue weighted by Crippen LogP contribution is -2.36. The molecule has 0 bridgehead atoms. The van der Waals surface area contributed by atoms with Gasteiger partial charge in [-0.15, -0.1) is 0 Å². The number of carbonyl (C=O) groups is 1.